The summed E-state index contributed by atoms with van der Waals surface area (Å²) in [5.41, 5.74) is 0. The van der Waals surface area contributed by atoms with Crippen LogP contribution in [0.15, 0.2) is 50.6 Å². The molecule has 0 aromatic carbocycles. The molecular weight excluding hydrogens is 372 g/mol. The topological polar surface area (TPSA) is 186 Å². The predicted octanol–water partition coefficient (Wildman–Crippen LogP) is -2.12. The van der Waals surface area contributed by atoms with Crippen LogP contribution in [-0.2, 0) is 38.1 Å². The van der Waals surface area contributed by atoms with Crippen molar-refractivity contribution in [2.75, 3.05) is 0 Å². The van der Waals surface area contributed by atoms with E-state index >= 15 is 0 Å². The van der Waals surface area contributed by atoms with Crippen molar-refractivity contribution < 1.29 is 58.6 Å². The van der Waals surface area contributed by atoms with E-state index in [0.717, 1.165) is 0 Å². The highest BCUT2D eigenvalue weighted by atomic mass is 16.9. The minimum absolute atomic E-state index is 0.382. The molecule has 0 rings (SSSR count). The van der Waals surface area contributed by atoms with E-state index in [1.54, 1.807) is 0 Å². The fraction of sp³-hybridized carbons (Fsp3) is 0.200. The molecule has 0 atom stereocenters. The summed E-state index contributed by atoms with van der Waals surface area (Å²) in [5, 5.41) is 40.6. The molecule has 0 fully saturated rings. The number of ether oxygens (including phenoxy) is 4. The molecule has 0 aliphatic rings. The minimum Gasteiger partial charge on any atom is -0.390 e. The van der Waals surface area contributed by atoms with Crippen molar-refractivity contribution in [1.82, 2.24) is 0 Å². The van der Waals surface area contributed by atoms with Crippen LogP contribution in [0.1, 0.15) is 0 Å². The Labute approximate surface area is 151 Å². The Hall–Kier alpha value is -3.32. The van der Waals surface area contributed by atoms with Crippen LogP contribution < -0.4 is 0 Å². The minimum atomic E-state index is -4.52. The third-order valence-corrected chi connectivity index (χ3v) is 2.50. The first-order valence-electron chi connectivity index (χ1n) is 6.63. The van der Waals surface area contributed by atoms with Gasteiger partial charge in [0.25, 0.3) is 0 Å². The van der Waals surface area contributed by atoms with Gasteiger partial charge in [-0.05, 0) is 0 Å². The average molecular weight is 388 g/mol. The molecule has 0 unspecified atom stereocenters. The lowest BCUT2D eigenvalue weighted by atomic mass is 10.1. The van der Waals surface area contributed by atoms with Crippen molar-refractivity contribution in [1.29, 1.82) is 0 Å². The van der Waals surface area contributed by atoms with E-state index in [1.807, 2.05) is 0 Å². The maximum absolute atomic E-state index is 11.4. The molecule has 0 aliphatic heterocycles. The molecule has 0 saturated heterocycles. The molecular formula is C15H16O12. The van der Waals surface area contributed by atoms with Gasteiger partial charge in [-0.1, -0.05) is 26.3 Å². The van der Waals surface area contributed by atoms with Gasteiger partial charge in [0.05, 0.1) is 0 Å². The zero-order valence-electron chi connectivity index (χ0n) is 13.7. The van der Waals surface area contributed by atoms with Crippen molar-refractivity contribution in [3.63, 3.8) is 0 Å². The first-order chi connectivity index (χ1) is 12.3. The summed E-state index contributed by atoms with van der Waals surface area (Å²) in [6.45, 7) is 11.8. The number of hydrogen-bond donors (Lipinski definition) is 4. The van der Waals surface area contributed by atoms with Crippen LogP contribution >= 0.6 is 0 Å². The van der Waals surface area contributed by atoms with E-state index in [9.17, 15) is 39.6 Å². The number of esters is 4. The Morgan fingerprint density at radius 3 is 0.889 bits per heavy atom. The molecule has 148 valence electrons. The number of rotatable bonds is 10. The van der Waals surface area contributed by atoms with Gasteiger partial charge >= 0.3 is 41.6 Å². The second-order valence-electron chi connectivity index (χ2n) is 4.34. The van der Waals surface area contributed by atoms with Gasteiger partial charge in [0.15, 0.2) is 0 Å². The summed E-state index contributed by atoms with van der Waals surface area (Å²) < 4.78 is 16.5. The highest BCUT2D eigenvalue weighted by Crippen LogP contribution is 2.36. The van der Waals surface area contributed by atoms with Gasteiger partial charge in [0.2, 0.25) is 0 Å². The molecule has 0 bridgehead atoms. The van der Waals surface area contributed by atoms with Gasteiger partial charge < -0.3 is 39.4 Å². The normalized spacial score (nSPS) is 11.4. The zero-order chi connectivity index (χ0) is 21.5. The lowest BCUT2D eigenvalue weighted by Crippen LogP contribution is -2.73. The molecule has 0 heterocycles. The third kappa shape index (κ3) is 5.32. The summed E-state index contributed by atoms with van der Waals surface area (Å²) in [5.74, 6) is -19.4. The van der Waals surface area contributed by atoms with E-state index in [1.165, 1.54) is 0 Å². The lowest BCUT2D eigenvalue weighted by molar-refractivity contribution is -0.539. The first kappa shape index (κ1) is 23.7. The molecule has 4 N–H and O–H groups in total. The van der Waals surface area contributed by atoms with Crippen molar-refractivity contribution in [2.45, 2.75) is 17.7 Å². The van der Waals surface area contributed by atoms with Gasteiger partial charge in [-0.3, -0.25) is 0 Å². The van der Waals surface area contributed by atoms with Crippen LogP contribution in [0.3, 0.4) is 0 Å². The maximum Gasteiger partial charge on any atom is 0.443 e. The van der Waals surface area contributed by atoms with Crippen molar-refractivity contribution in [2.24, 2.45) is 0 Å². The van der Waals surface area contributed by atoms with Crippen molar-refractivity contribution in [3.8, 4) is 0 Å². The summed E-state index contributed by atoms with van der Waals surface area (Å²) in [4.78, 5) is 45.4. The van der Waals surface area contributed by atoms with E-state index in [2.05, 4.69) is 45.3 Å². The third-order valence-electron chi connectivity index (χ3n) is 2.50. The van der Waals surface area contributed by atoms with Gasteiger partial charge in [0, 0.05) is 24.3 Å². The number of aliphatic hydroxyl groups is 4. The molecule has 12 nitrogen and oxygen atoms in total. The van der Waals surface area contributed by atoms with Crippen LogP contribution in [0.4, 0.5) is 0 Å². The summed E-state index contributed by atoms with van der Waals surface area (Å²) in [7, 11) is 0. The summed E-state index contributed by atoms with van der Waals surface area (Å²) in [6, 6.07) is 0. The van der Waals surface area contributed by atoms with Gasteiger partial charge in [-0.2, -0.15) is 0 Å². The lowest BCUT2D eigenvalue weighted by Gasteiger charge is -2.42. The molecule has 0 spiro atoms. The number of carbonyl (C=O) groups excluding carboxylic acids is 4. The van der Waals surface area contributed by atoms with Crippen LogP contribution in [0.2, 0.25) is 0 Å². The van der Waals surface area contributed by atoms with E-state index in [0.29, 0.717) is 24.3 Å². The molecule has 0 saturated carbocycles. The van der Waals surface area contributed by atoms with Crippen molar-refractivity contribution >= 4 is 23.9 Å². The van der Waals surface area contributed by atoms with Crippen molar-refractivity contribution in [3.05, 3.63) is 50.6 Å². The number of carbonyl (C=O) groups is 4. The second-order valence-corrected chi connectivity index (χ2v) is 4.34. The summed E-state index contributed by atoms with van der Waals surface area (Å²) >= 11 is 0. The number of hydrogen-bond acceptors (Lipinski definition) is 12. The quantitative estimate of drug-likeness (QED) is 0.181. The molecule has 12 heteroatoms. The van der Waals surface area contributed by atoms with E-state index in [4.69, 9.17) is 0 Å². The van der Waals surface area contributed by atoms with Crippen LogP contribution in [0.5, 0.6) is 0 Å². The fourth-order valence-corrected chi connectivity index (χ4v) is 1.24. The molecule has 0 aliphatic carbocycles. The molecule has 0 aromatic heterocycles. The Kier molecular flexibility index (Phi) is 7.77. The van der Waals surface area contributed by atoms with Gasteiger partial charge in [0.1, 0.15) is 0 Å². The molecule has 0 radical (unpaired) electrons. The molecule has 27 heavy (non-hydrogen) atoms. The monoisotopic (exact) mass is 388 g/mol. The summed E-state index contributed by atoms with van der Waals surface area (Å²) in [6.07, 6.45) is 1.53. The molecule has 0 amide bonds. The van der Waals surface area contributed by atoms with Crippen LogP contribution in [0, 0.1) is 0 Å². The predicted molar refractivity (Wildman–Crippen MR) is 82.2 cm³/mol. The highest BCUT2D eigenvalue weighted by Gasteiger charge is 2.74. The Morgan fingerprint density at radius 1 is 0.556 bits per heavy atom. The molecule has 0 aromatic rings. The largest absolute Gasteiger partial charge is 0.443 e. The second kappa shape index (κ2) is 8.86. The van der Waals surface area contributed by atoms with E-state index < -0.39 is 41.6 Å². The zero-order valence-corrected chi connectivity index (χ0v) is 13.7. The average Bonchev–Trinajstić information content (AvgIpc) is 2.60. The standard InChI is InChI=1S/C15H16O12/c1-5-9(16)24-14(22,25-10(17)6-2)13(20,21)15(23,26-11(18)7-3)27-12(19)8-4/h5-8,20-23H,1-4H2. The van der Waals surface area contributed by atoms with E-state index in [-0.39, 0.29) is 0 Å². The highest BCUT2D eigenvalue weighted by molar-refractivity contribution is 5.84. The Balaban J connectivity index is 6.43. The van der Waals surface area contributed by atoms with Gasteiger partial charge in [-0.25, -0.2) is 19.2 Å². The smallest absolute Gasteiger partial charge is 0.390 e. The van der Waals surface area contributed by atoms with Gasteiger partial charge in [-0.15, -0.1) is 0 Å². The van der Waals surface area contributed by atoms with Crippen LogP contribution in [0.25, 0.3) is 0 Å². The fourth-order valence-electron chi connectivity index (χ4n) is 1.24. The first-order valence-corrected chi connectivity index (χ1v) is 6.63. The Bertz CT molecular complexity index is 574. The Morgan fingerprint density at radius 2 is 0.741 bits per heavy atom. The SMILES string of the molecule is C=CC(=O)OC(O)(OC(=O)C=C)C(O)(O)C(O)(OC(=O)C=C)OC(=O)C=C. The van der Waals surface area contributed by atoms with Crippen LogP contribution in [-0.4, -0.2) is 62.0 Å². The maximum atomic E-state index is 11.4.